The first-order chi connectivity index (χ1) is 13.7. The number of hydrogen-bond donors (Lipinski definition) is 2. The standard InChI is InChI=1S/C24H26N2O2/c1-28-24(20-9-4-2-5-10-20,21-11-6-3-7-12-21)22-15-13-19(14-16-22)23(27)26-18-8-17-25/h2-7,9-16H,8,17-18,25H2,1H3,(H,26,27). The van der Waals surface area contributed by atoms with Gasteiger partial charge in [-0.15, -0.1) is 0 Å². The molecule has 0 fully saturated rings. The number of ether oxygens (including phenoxy) is 1. The summed E-state index contributed by atoms with van der Waals surface area (Å²) in [6.07, 6.45) is 0.763. The zero-order valence-corrected chi connectivity index (χ0v) is 16.1. The van der Waals surface area contributed by atoms with Gasteiger partial charge in [-0.1, -0.05) is 72.8 Å². The number of rotatable bonds is 8. The van der Waals surface area contributed by atoms with Crippen LogP contribution in [0.5, 0.6) is 0 Å². The molecule has 1 amide bonds. The molecule has 0 unspecified atom stereocenters. The Kier molecular flexibility index (Phi) is 6.58. The summed E-state index contributed by atoms with van der Waals surface area (Å²) < 4.78 is 6.16. The van der Waals surface area contributed by atoms with Crippen LogP contribution in [-0.4, -0.2) is 26.1 Å². The van der Waals surface area contributed by atoms with Crippen LogP contribution in [0.25, 0.3) is 0 Å². The van der Waals surface area contributed by atoms with Gasteiger partial charge >= 0.3 is 0 Å². The smallest absolute Gasteiger partial charge is 0.251 e. The summed E-state index contributed by atoms with van der Waals surface area (Å²) in [5, 5.41) is 2.89. The van der Waals surface area contributed by atoms with Crippen LogP contribution < -0.4 is 11.1 Å². The van der Waals surface area contributed by atoms with Gasteiger partial charge in [0.25, 0.3) is 5.91 Å². The summed E-state index contributed by atoms with van der Waals surface area (Å²) >= 11 is 0. The maximum Gasteiger partial charge on any atom is 0.251 e. The number of carbonyl (C=O) groups excluding carboxylic acids is 1. The Bertz CT molecular complexity index is 838. The number of hydrogen-bond acceptors (Lipinski definition) is 3. The first-order valence-electron chi connectivity index (χ1n) is 9.47. The summed E-state index contributed by atoms with van der Waals surface area (Å²) in [7, 11) is 1.72. The molecule has 0 aliphatic carbocycles. The van der Waals surface area contributed by atoms with Gasteiger partial charge in [0.05, 0.1) is 0 Å². The van der Waals surface area contributed by atoms with E-state index in [1.807, 2.05) is 60.7 Å². The summed E-state index contributed by atoms with van der Waals surface area (Å²) in [6.45, 7) is 1.14. The second-order valence-electron chi connectivity index (χ2n) is 6.59. The van der Waals surface area contributed by atoms with Gasteiger partial charge in [0.15, 0.2) is 0 Å². The Morgan fingerprint density at radius 2 is 1.36 bits per heavy atom. The average Bonchev–Trinajstić information content (AvgIpc) is 2.77. The highest BCUT2D eigenvalue weighted by atomic mass is 16.5. The molecule has 0 heterocycles. The Morgan fingerprint density at radius 1 is 0.857 bits per heavy atom. The fourth-order valence-corrected chi connectivity index (χ4v) is 3.46. The number of methoxy groups -OCH3 is 1. The topological polar surface area (TPSA) is 64.3 Å². The van der Waals surface area contributed by atoms with E-state index >= 15 is 0 Å². The molecule has 28 heavy (non-hydrogen) atoms. The van der Waals surface area contributed by atoms with E-state index in [1.54, 1.807) is 7.11 Å². The van der Waals surface area contributed by atoms with Crippen molar-refractivity contribution >= 4 is 5.91 Å². The minimum Gasteiger partial charge on any atom is -0.364 e. The quantitative estimate of drug-likeness (QED) is 0.467. The first-order valence-corrected chi connectivity index (χ1v) is 9.47. The minimum atomic E-state index is -0.753. The summed E-state index contributed by atoms with van der Waals surface area (Å²) in [4.78, 5) is 12.3. The van der Waals surface area contributed by atoms with Crippen molar-refractivity contribution in [2.45, 2.75) is 12.0 Å². The second kappa shape index (κ2) is 9.31. The van der Waals surface area contributed by atoms with Crippen LogP contribution in [0.15, 0.2) is 84.9 Å². The van der Waals surface area contributed by atoms with Crippen LogP contribution in [0.1, 0.15) is 33.5 Å². The third-order valence-corrected chi connectivity index (χ3v) is 4.89. The Balaban J connectivity index is 2.01. The molecule has 3 N–H and O–H groups in total. The monoisotopic (exact) mass is 374 g/mol. The molecule has 0 aliphatic rings. The molecule has 0 radical (unpaired) electrons. The number of benzene rings is 3. The summed E-state index contributed by atoms with van der Waals surface area (Å²) in [6, 6.07) is 27.8. The largest absolute Gasteiger partial charge is 0.364 e. The lowest BCUT2D eigenvalue weighted by atomic mass is 9.80. The second-order valence-corrected chi connectivity index (χ2v) is 6.59. The molecular formula is C24H26N2O2. The van der Waals surface area contributed by atoms with Crippen molar-refractivity contribution in [3.05, 3.63) is 107 Å². The maximum atomic E-state index is 12.3. The van der Waals surface area contributed by atoms with Crippen molar-refractivity contribution in [3.63, 3.8) is 0 Å². The molecule has 3 aromatic carbocycles. The molecule has 0 bridgehead atoms. The predicted molar refractivity (Wildman–Crippen MR) is 112 cm³/mol. The number of amides is 1. The average molecular weight is 374 g/mol. The Labute approximate surface area is 166 Å². The summed E-state index contributed by atoms with van der Waals surface area (Å²) in [5.41, 5.74) is 8.37. The normalized spacial score (nSPS) is 11.2. The minimum absolute atomic E-state index is 0.0950. The maximum absolute atomic E-state index is 12.3. The SMILES string of the molecule is COC(c1ccccc1)(c1ccccc1)c1ccc(C(=O)NCCCN)cc1. The Hall–Kier alpha value is -2.95. The molecule has 0 aromatic heterocycles. The molecule has 4 heteroatoms. The van der Waals surface area contributed by atoms with Gasteiger partial charge in [0.2, 0.25) is 0 Å². The van der Waals surface area contributed by atoms with E-state index in [0.717, 1.165) is 23.1 Å². The Morgan fingerprint density at radius 3 is 1.82 bits per heavy atom. The van der Waals surface area contributed by atoms with Crippen molar-refractivity contribution in [3.8, 4) is 0 Å². The van der Waals surface area contributed by atoms with Gasteiger partial charge < -0.3 is 15.8 Å². The highest BCUT2D eigenvalue weighted by Gasteiger charge is 2.36. The van der Waals surface area contributed by atoms with Crippen molar-refractivity contribution < 1.29 is 9.53 Å². The number of carbonyl (C=O) groups is 1. The molecule has 3 rings (SSSR count). The molecular weight excluding hydrogens is 348 g/mol. The fraction of sp³-hybridized carbons (Fsp3) is 0.208. The van der Waals surface area contributed by atoms with Gasteiger partial charge in [-0.05, 0) is 41.8 Å². The lowest BCUT2D eigenvalue weighted by molar-refractivity contribution is 0.0585. The van der Waals surface area contributed by atoms with Crippen LogP contribution in [0.4, 0.5) is 0 Å². The van der Waals surface area contributed by atoms with E-state index < -0.39 is 5.60 Å². The van der Waals surface area contributed by atoms with Crippen LogP contribution in [0.3, 0.4) is 0 Å². The van der Waals surface area contributed by atoms with Crippen LogP contribution in [0.2, 0.25) is 0 Å². The van der Waals surface area contributed by atoms with Crippen molar-refractivity contribution in [1.29, 1.82) is 0 Å². The molecule has 0 atom stereocenters. The highest BCUT2D eigenvalue weighted by molar-refractivity contribution is 5.94. The highest BCUT2D eigenvalue weighted by Crippen LogP contribution is 2.39. The van der Waals surface area contributed by atoms with Crippen molar-refractivity contribution in [2.24, 2.45) is 5.73 Å². The third kappa shape index (κ3) is 3.98. The van der Waals surface area contributed by atoms with E-state index in [2.05, 4.69) is 29.6 Å². The van der Waals surface area contributed by atoms with E-state index in [-0.39, 0.29) is 5.91 Å². The van der Waals surface area contributed by atoms with Gasteiger partial charge in [-0.3, -0.25) is 4.79 Å². The molecule has 0 spiro atoms. The van der Waals surface area contributed by atoms with E-state index in [9.17, 15) is 4.79 Å². The van der Waals surface area contributed by atoms with Crippen LogP contribution in [-0.2, 0) is 10.3 Å². The fourth-order valence-electron chi connectivity index (χ4n) is 3.46. The molecule has 144 valence electrons. The van der Waals surface area contributed by atoms with Crippen LogP contribution in [0, 0.1) is 0 Å². The van der Waals surface area contributed by atoms with Gasteiger partial charge in [-0.25, -0.2) is 0 Å². The lowest BCUT2D eigenvalue weighted by Gasteiger charge is -2.34. The number of nitrogens with one attached hydrogen (secondary N) is 1. The van der Waals surface area contributed by atoms with E-state index in [1.165, 1.54) is 0 Å². The molecule has 0 saturated carbocycles. The predicted octanol–water partition coefficient (Wildman–Crippen LogP) is 3.70. The van der Waals surface area contributed by atoms with Gasteiger partial charge in [0, 0.05) is 19.2 Å². The van der Waals surface area contributed by atoms with E-state index in [4.69, 9.17) is 10.5 Å². The molecule has 3 aromatic rings. The van der Waals surface area contributed by atoms with Crippen LogP contribution >= 0.6 is 0 Å². The zero-order chi connectivity index (χ0) is 19.8. The van der Waals surface area contributed by atoms with Crippen molar-refractivity contribution in [2.75, 3.05) is 20.2 Å². The lowest BCUT2D eigenvalue weighted by Crippen LogP contribution is -2.32. The zero-order valence-electron chi connectivity index (χ0n) is 16.1. The van der Waals surface area contributed by atoms with Gasteiger partial charge in [0.1, 0.15) is 5.60 Å². The molecule has 0 saturated heterocycles. The molecule has 4 nitrogen and oxygen atoms in total. The molecule has 0 aliphatic heterocycles. The third-order valence-electron chi connectivity index (χ3n) is 4.89. The van der Waals surface area contributed by atoms with E-state index in [0.29, 0.717) is 18.7 Å². The first kappa shape index (κ1) is 19.8. The number of nitrogens with two attached hydrogens (primary N) is 1. The van der Waals surface area contributed by atoms with Crippen molar-refractivity contribution in [1.82, 2.24) is 5.32 Å². The van der Waals surface area contributed by atoms with Gasteiger partial charge in [-0.2, -0.15) is 0 Å². The summed E-state index contributed by atoms with van der Waals surface area (Å²) in [5.74, 6) is -0.0950.